The van der Waals surface area contributed by atoms with Crippen molar-refractivity contribution in [2.75, 3.05) is 6.54 Å². The molecule has 68 valence electrons. The first-order valence-corrected chi connectivity index (χ1v) is 4.50. The van der Waals surface area contributed by atoms with Gasteiger partial charge in [-0.2, -0.15) is 0 Å². The van der Waals surface area contributed by atoms with Crippen molar-refractivity contribution in [3.05, 3.63) is 34.1 Å². The normalized spacial score (nSPS) is 9.38. The van der Waals surface area contributed by atoms with Gasteiger partial charge in [0.2, 0.25) is 6.08 Å². The Kier molecular flexibility index (Phi) is 3.80. The van der Waals surface area contributed by atoms with E-state index in [0.29, 0.717) is 17.4 Å². The number of hydrogen-bond donors (Lipinski definition) is 0. The molecule has 0 heterocycles. The fourth-order valence-electron chi connectivity index (χ4n) is 0.986. The molecule has 0 aromatic heterocycles. The predicted octanol–water partition coefficient (Wildman–Crippen LogP) is 2.47. The molecule has 0 bridgehead atoms. The monoisotopic (exact) mass is 243 g/mol. The number of benzene rings is 1. The zero-order valence-corrected chi connectivity index (χ0v) is 8.34. The maximum absolute atomic E-state index is 12.8. The third-order valence-corrected chi connectivity index (χ3v) is 1.96. The van der Waals surface area contributed by atoms with Gasteiger partial charge in [0.05, 0.1) is 6.54 Å². The highest BCUT2D eigenvalue weighted by atomic mass is 79.9. The number of carbonyl (C=O) groups excluding carboxylic acids is 1. The molecule has 0 saturated carbocycles. The van der Waals surface area contributed by atoms with Crippen molar-refractivity contribution in [2.24, 2.45) is 4.99 Å². The van der Waals surface area contributed by atoms with Crippen LogP contribution in [0, 0.1) is 5.82 Å². The first kappa shape index (κ1) is 10.1. The summed E-state index contributed by atoms with van der Waals surface area (Å²) in [5.74, 6) is -0.292. The van der Waals surface area contributed by atoms with E-state index >= 15 is 0 Å². The molecule has 0 saturated heterocycles. The molecule has 1 aromatic rings. The maximum atomic E-state index is 12.8. The smallest absolute Gasteiger partial charge is 0.211 e. The van der Waals surface area contributed by atoms with Gasteiger partial charge >= 0.3 is 0 Å². The molecule has 0 fully saturated rings. The minimum Gasteiger partial charge on any atom is -0.211 e. The quantitative estimate of drug-likeness (QED) is 0.593. The Morgan fingerprint density at radius 1 is 1.46 bits per heavy atom. The van der Waals surface area contributed by atoms with Gasteiger partial charge in [0.15, 0.2) is 0 Å². The summed E-state index contributed by atoms with van der Waals surface area (Å²) < 4.78 is 13.5. The molecule has 0 unspecified atom stereocenters. The van der Waals surface area contributed by atoms with Crippen LogP contribution in [-0.2, 0) is 11.2 Å². The zero-order chi connectivity index (χ0) is 9.68. The molecule has 0 amide bonds. The second kappa shape index (κ2) is 4.90. The highest BCUT2D eigenvalue weighted by molar-refractivity contribution is 9.10. The van der Waals surface area contributed by atoms with E-state index in [0.717, 1.165) is 5.56 Å². The van der Waals surface area contributed by atoms with Crippen molar-refractivity contribution >= 4 is 22.0 Å². The van der Waals surface area contributed by atoms with Crippen LogP contribution in [0.5, 0.6) is 0 Å². The minimum absolute atomic E-state index is 0.292. The fourth-order valence-corrected chi connectivity index (χ4v) is 1.50. The summed E-state index contributed by atoms with van der Waals surface area (Å²) in [5.41, 5.74) is 0.811. The van der Waals surface area contributed by atoms with Gasteiger partial charge in [-0.3, -0.25) is 0 Å². The van der Waals surface area contributed by atoms with E-state index in [1.165, 1.54) is 18.2 Å². The molecule has 0 spiro atoms. The molecule has 4 heteroatoms. The van der Waals surface area contributed by atoms with E-state index in [1.54, 1.807) is 6.07 Å². The van der Waals surface area contributed by atoms with Gasteiger partial charge in [-0.1, -0.05) is 15.9 Å². The molecule has 0 radical (unpaired) electrons. The molecule has 13 heavy (non-hydrogen) atoms. The summed E-state index contributed by atoms with van der Waals surface area (Å²) in [6.45, 7) is 0.347. The van der Waals surface area contributed by atoms with E-state index in [2.05, 4.69) is 20.9 Å². The standard InChI is InChI=1S/C9H7BrFNO/c10-8-3-7(1-2-12-6-13)4-9(11)5-8/h3-5H,1-2H2. The number of aliphatic imine (C=N–C) groups is 1. The lowest BCUT2D eigenvalue weighted by molar-refractivity contribution is 0.563. The van der Waals surface area contributed by atoms with Gasteiger partial charge in [-0.15, -0.1) is 0 Å². The first-order valence-electron chi connectivity index (χ1n) is 3.71. The first-order chi connectivity index (χ1) is 6.22. The van der Waals surface area contributed by atoms with Crippen molar-refractivity contribution < 1.29 is 9.18 Å². The fraction of sp³-hybridized carbons (Fsp3) is 0.222. The average Bonchev–Trinajstić information content (AvgIpc) is 2.03. The van der Waals surface area contributed by atoms with Gasteiger partial charge in [-0.05, 0) is 30.2 Å². The summed E-state index contributed by atoms with van der Waals surface area (Å²) >= 11 is 3.17. The molecular weight excluding hydrogens is 237 g/mol. The second-order valence-electron chi connectivity index (χ2n) is 2.50. The van der Waals surface area contributed by atoms with Crippen LogP contribution in [0.4, 0.5) is 4.39 Å². The molecule has 0 N–H and O–H groups in total. The van der Waals surface area contributed by atoms with Gasteiger partial charge in [0, 0.05) is 4.47 Å². The summed E-state index contributed by atoms with van der Waals surface area (Å²) in [5, 5.41) is 0. The zero-order valence-electron chi connectivity index (χ0n) is 6.76. The summed E-state index contributed by atoms with van der Waals surface area (Å²) in [4.78, 5) is 13.1. The molecule has 0 aliphatic carbocycles. The number of isocyanates is 1. The van der Waals surface area contributed by atoms with E-state index < -0.39 is 0 Å². The second-order valence-corrected chi connectivity index (χ2v) is 3.42. The van der Waals surface area contributed by atoms with Crippen molar-refractivity contribution in [1.82, 2.24) is 0 Å². The molecule has 0 atom stereocenters. The molecule has 0 aliphatic rings. The lowest BCUT2D eigenvalue weighted by atomic mass is 10.1. The van der Waals surface area contributed by atoms with Crippen LogP contribution in [0.1, 0.15) is 5.56 Å². The van der Waals surface area contributed by atoms with E-state index in [-0.39, 0.29) is 5.82 Å². The summed E-state index contributed by atoms with van der Waals surface area (Å²) in [6, 6.07) is 4.60. The van der Waals surface area contributed by atoms with Crippen LogP contribution in [0.25, 0.3) is 0 Å². The van der Waals surface area contributed by atoms with Gasteiger partial charge in [-0.25, -0.2) is 14.2 Å². The SMILES string of the molecule is O=C=NCCc1cc(F)cc(Br)c1. The van der Waals surface area contributed by atoms with Crippen molar-refractivity contribution in [1.29, 1.82) is 0 Å². The minimum atomic E-state index is -0.292. The van der Waals surface area contributed by atoms with E-state index in [1.807, 2.05) is 0 Å². The molecule has 1 rings (SSSR count). The lowest BCUT2D eigenvalue weighted by Gasteiger charge is -1.98. The molecular formula is C9H7BrFNO. The Labute approximate surface area is 83.6 Å². The largest absolute Gasteiger partial charge is 0.234 e. The van der Waals surface area contributed by atoms with Crippen LogP contribution in [0.15, 0.2) is 27.7 Å². The summed E-state index contributed by atoms with van der Waals surface area (Å²) in [7, 11) is 0. The Morgan fingerprint density at radius 3 is 2.85 bits per heavy atom. The van der Waals surface area contributed by atoms with Crippen LogP contribution in [0.2, 0.25) is 0 Å². The maximum Gasteiger partial charge on any atom is 0.234 e. The van der Waals surface area contributed by atoms with Crippen LogP contribution < -0.4 is 0 Å². The number of hydrogen-bond acceptors (Lipinski definition) is 2. The van der Waals surface area contributed by atoms with E-state index in [4.69, 9.17) is 0 Å². The Morgan fingerprint density at radius 2 is 2.23 bits per heavy atom. The third-order valence-electron chi connectivity index (χ3n) is 1.50. The summed E-state index contributed by atoms with van der Waals surface area (Å²) in [6.07, 6.45) is 1.98. The molecule has 1 aromatic carbocycles. The number of halogens is 2. The predicted molar refractivity (Wildman–Crippen MR) is 50.8 cm³/mol. The molecule has 0 aliphatic heterocycles. The number of rotatable bonds is 3. The van der Waals surface area contributed by atoms with Crippen molar-refractivity contribution in [3.63, 3.8) is 0 Å². The Balaban J connectivity index is 2.71. The van der Waals surface area contributed by atoms with Gasteiger partial charge < -0.3 is 0 Å². The topological polar surface area (TPSA) is 29.4 Å². The Hall–Kier alpha value is -0.990. The Bertz CT molecular complexity index is 327. The van der Waals surface area contributed by atoms with Gasteiger partial charge in [0.1, 0.15) is 5.82 Å². The highest BCUT2D eigenvalue weighted by Crippen LogP contribution is 2.15. The third kappa shape index (κ3) is 3.49. The van der Waals surface area contributed by atoms with Crippen LogP contribution >= 0.6 is 15.9 Å². The van der Waals surface area contributed by atoms with Gasteiger partial charge in [0.25, 0.3) is 0 Å². The van der Waals surface area contributed by atoms with Crippen LogP contribution in [-0.4, -0.2) is 12.6 Å². The van der Waals surface area contributed by atoms with Crippen LogP contribution in [0.3, 0.4) is 0 Å². The number of nitrogens with zero attached hydrogens (tertiary/aromatic N) is 1. The van der Waals surface area contributed by atoms with Crippen molar-refractivity contribution in [3.8, 4) is 0 Å². The lowest BCUT2D eigenvalue weighted by Crippen LogP contribution is -1.90. The van der Waals surface area contributed by atoms with E-state index in [9.17, 15) is 9.18 Å². The average molecular weight is 244 g/mol. The molecule has 2 nitrogen and oxygen atoms in total. The highest BCUT2D eigenvalue weighted by Gasteiger charge is 1.98. The van der Waals surface area contributed by atoms with Crippen molar-refractivity contribution in [2.45, 2.75) is 6.42 Å².